The Morgan fingerprint density at radius 1 is 1.29 bits per heavy atom. The largest absolute Gasteiger partial charge is 0.464 e. The number of esters is 1. The van der Waals surface area contributed by atoms with E-state index in [1.54, 1.807) is 0 Å². The minimum absolute atomic E-state index is 0.0334. The maximum absolute atomic E-state index is 12.0. The van der Waals surface area contributed by atoms with Crippen molar-refractivity contribution in [2.24, 2.45) is 0 Å². The number of benzene rings is 1. The second-order valence-electron chi connectivity index (χ2n) is 5.23. The standard InChI is InChI=1S/C17H19NO6/c1-4-11-5-6-13-12(9-23-14(13)7-11)8-15(19)24-10(2)16(20)18-17(21)22-3/h5-7,9-10H,4,8H2,1-3H3,(H,18,20,21)/t10-/m0/s1. The minimum atomic E-state index is -1.11. The summed E-state index contributed by atoms with van der Waals surface area (Å²) in [7, 11) is 1.13. The smallest absolute Gasteiger partial charge is 0.413 e. The number of alkyl carbamates (subject to hydrolysis) is 1. The number of carbonyl (C=O) groups excluding carboxylic acids is 3. The lowest BCUT2D eigenvalue weighted by molar-refractivity contribution is -0.153. The molecule has 1 N–H and O–H groups in total. The van der Waals surface area contributed by atoms with Gasteiger partial charge < -0.3 is 13.9 Å². The number of ether oxygens (including phenoxy) is 2. The van der Waals surface area contributed by atoms with Crippen LogP contribution in [-0.2, 0) is 31.9 Å². The molecule has 0 radical (unpaired) electrons. The highest BCUT2D eigenvalue weighted by Crippen LogP contribution is 2.23. The zero-order valence-corrected chi connectivity index (χ0v) is 13.8. The summed E-state index contributed by atoms with van der Waals surface area (Å²) in [5.41, 5.74) is 2.52. The van der Waals surface area contributed by atoms with Crippen molar-refractivity contribution in [3.8, 4) is 0 Å². The number of rotatable bonds is 5. The number of nitrogens with one attached hydrogen (secondary N) is 1. The Morgan fingerprint density at radius 3 is 2.71 bits per heavy atom. The highest BCUT2D eigenvalue weighted by atomic mass is 16.6. The van der Waals surface area contributed by atoms with Crippen molar-refractivity contribution in [2.75, 3.05) is 7.11 Å². The van der Waals surface area contributed by atoms with Crippen LogP contribution in [0.25, 0.3) is 11.0 Å². The Balaban J connectivity index is 1.99. The zero-order valence-electron chi connectivity index (χ0n) is 13.8. The minimum Gasteiger partial charge on any atom is -0.464 e. The van der Waals surface area contributed by atoms with Crippen LogP contribution in [-0.4, -0.2) is 31.2 Å². The monoisotopic (exact) mass is 333 g/mol. The third-order valence-corrected chi connectivity index (χ3v) is 3.55. The molecule has 7 nitrogen and oxygen atoms in total. The third-order valence-electron chi connectivity index (χ3n) is 3.55. The highest BCUT2D eigenvalue weighted by molar-refractivity contribution is 5.95. The SMILES string of the molecule is CCc1ccc2c(CC(=O)O[C@@H](C)C(=O)NC(=O)OC)coc2c1. The second-order valence-corrected chi connectivity index (χ2v) is 5.23. The number of aryl methyl sites for hydroxylation is 1. The van der Waals surface area contributed by atoms with Gasteiger partial charge in [-0.25, -0.2) is 4.79 Å². The van der Waals surface area contributed by atoms with E-state index >= 15 is 0 Å². The molecule has 0 fully saturated rings. The lowest BCUT2D eigenvalue weighted by Crippen LogP contribution is -2.39. The Labute approximate surface area is 138 Å². The summed E-state index contributed by atoms with van der Waals surface area (Å²) in [4.78, 5) is 34.6. The van der Waals surface area contributed by atoms with Gasteiger partial charge in [-0.1, -0.05) is 19.1 Å². The molecule has 0 aliphatic rings. The van der Waals surface area contributed by atoms with E-state index < -0.39 is 24.1 Å². The van der Waals surface area contributed by atoms with Crippen LogP contribution >= 0.6 is 0 Å². The summed E-state index contributed by atoms with van der Waals surface area (Å²) >= 11 is 0. The Morgan fingerprint density at radius 2 is 2.04 bits per heavy atom. The topological polar surface area (TPSA) is 94.8 Å². The molecule has 1 atom stereocenters. The van der Waals surface area contributed by atoms with Crippen molar-refractivity contribution in [3.63, 3.8) is 0 Å². The van der Waals surface area contributed by atoms with Gasteiger partial charge in [0.2, 0.25) is 0 Å². The molecular formula is C17H19NO6. The van der Waals surface area contributed by atoms with Crippen molar-refractivity contribution in [2.45, 2.75) is 32.8 Å². The molecule has 1 aromatic carbocycles. The van der Waals surface area contributed by atoms with E-state index in [1.165, 1.54) is 13.2 Å². The number of hydrogen-bond acceptors (Lipinski definition) is 6. The maximum atomic E-state index is 12.0. The highest BCUT2D eigenvalue weighted by Gasteiger charge is 2.21. The van der Waals surface area contributed by atoms with Gasteiger partial charge in [0.25, 0.3) is 5.91 Å². The molecule has 2 aromatic rings. The van der Waals surface area contributed by atoms with Crippen LogP contribution in [0.3, 0.4) is 0 Å². The quantitative estimate of drug-likeness (QED) is 0.844. The molecule has 24 heavy (non-hydrogen) atoms. The van der Waals surface area contributed by atoms with Gasteiger partial charge in [0, 0.05) is 10.9 Å². The fourth-order valence-electron chi connectivity index (χ4n) is 2.19. The Kier molecular flexibility index (Phi) is 5.57. The van der Waals surface area contributed by atoms with Crippen LogP contribution in [0.15, 0.2) is 28.9 Å². The molecule has 0 unspecified atom stereocenters. The van der Waals surface area contributed by atoms with E-state index in [1.807, 2.05) is 30.4 Å². The van der Waals surface area contributed by atoms with Gasteiger partial charge in [0.15, 0.2) is 6.10 Å². The molecule has 1 heterocycles. The predicted octanol–water partition coefficient (Wildman–Crippen LogP) is 2.35. The number of furan rings is 1. The van der Waals surface area contributed by atoms with E-state index in [9.17, 15) is 14.4 Å². The van der Waals surface area contributed by atoms with E-state index in [2.05, 4.69) is 4.74 Å². The number of hydrogen-bond donors (Lipinski definition) is 1. The van der Waals surface area contributed by atoms with Crippen LogP contribution in [0.1, 0.15) is 25.0 Å². The van der Waals surface area contributed by atoms with Gasteiger partial charge in [0.05, 0.1) is 19.8 Å². The van der Waals surface area contributed by atoms with Gasteiger partial charge in [-0.15, -0.1) is 0 Å². The van der Waals surface area contributed by atoms with E-state index in [4.69, 9.17) is 9.15 Å². The second kappa shape index (κ2) is 7.63. The van der Waals surface area contributed by atoms with Crippen molar-refractivity contribution >= 4 is 28.9 Å². The number of carbonyl (C=O) groups is 3. The number of fused-ring (bicyclic) bond motifs is 1. The van der Waals surface area contributed by atoms with Crippen LogP contribution in [0.2, 0.25) is 0 Å². The molecule has 0 saturated carbocycles. The first-order valence-corrected chi connectivity index (χ1v) is 7.51. The number of methoxy groups -OCH3 is 1. The molecule has 2 rings (SSSR count). The summed E-state index contributed by atoms with van der Waals surface area (Å²) in [6.45, 7) is 3.42. The normalized spacial score (nSPS) is 11.8. The van der Waals surface area contributed by atoms with E-state index in [0.717, 1.165) is 24.5 Å². The molecule has 1 aromatic heterocycles. The van der Waals surface area contributed by atoms with Gasteiger partial charge in [-0.3, -0.25) is 14.9 Å². The lowest BCUT2D eigenvalue weighted by atomic mass is 10.1. The van der Waals surface area contributed by atoms with E-state index in [-0.39, 0.29) is 6.42 Å². The molecule has 128 valence electrons. The first-order valence-electron chi connectivity index (χ1n) is 7.51. The lowest BCUT2D eigenvalue weighted by Gasteiger charge is -2.12. The summed E-state index contributed by atoms with van der Waals surface area (Å²) in [5.74, 6) is -1.34. The molecule has 7 heteroatoms. The summed E-state index contributed by atoms with van der Waals surface area (Å²) in [6.07, 6.45) is 0.344. The average molecular weight is 333 g/mol. The Hall–Kier alpha value is -2.83. The fourth-order valence-corrected chi connectivity index (χ4v) is 2.19. The first-order chi connectivity index (χ1) is 11.4. The molecule has 0 spiro atoms. The van der Waals surface area contributed by atoms with Crippen LogP contribution in [0.4, 0.5) is 4.79 Å². The Bertz CT molecular complexity index is 764. The first kappa shape index (κ1) is 17.5. The summed E-state index contributed by atoms with van der Waals surface area (Å²) in [6, 6.07) is 5.80. The van der Waals surface area contributed by atoms with Crippen molar-refractivity contribution in [3.05, 3.63) is 35.6 Å². The van der Waals surface area contributed by atoms with Crippen molar-refractivity contribution in [1.82, 2.24) is 5.32 Å². The molecular weight excluding hydrogens is 314 g/mol. The average Bonchev–Trinajstić information content (AvgIpc) is 2.96. The van der Waals surface area contributed by atoms with Crippen molar-refractivity contribution in [1.29, 1.82) is 0 Å². The van der Waals surface area contributed by atoms with Gasteiger partial charge >= 0.3 is 12.1 Å². The molecule has 0 saturated heterocycles. The van der Waals surface area contributed by atoms with E-state index in [0.29, 0.717) is 11.1 Å². The number of amides is 2. The van der Waals surface area contributed by atoms with Gasteiger partial charge in [0.1, 0.15) is 5.58 Å². The molecule has 0 aliphatic carbocycles. The maximum Gasteiger partial charge on any atom is 0.413 e. The van der Waals surface area contributed by atoms with Crippen molar-refractivity contribution < 1.29 is 28.3 Å². The summed E-state index contributed by atoms with van der Waals surface area (Å²) in [5, 5.41) is 2.77. The van der Waals surface area contributed by atoms with Gasteiger partial charge in [-0.05, 0) is 25.0 Å². The van der Waals surface area contributed by atoms with Crippen LogP contribution < -0.4 is 5.32 Å². The number of imide groups is 1. The van der Waals surface area contributed by atoms with Crippen LogP contribution in [0, 0.1) is 0 Å². The molecule has 2 amide bonds. The van der Waals surface area contributed by atoms with Gasteiger partial charge in [-0.2, -0.15) is 0 Å². The molecule has 0 aliphatic heterocycles. The third kappa shape index (κ3) is 4.13. The predicted molar refractivity (Wildman–Crippen MR) is 85.4 cm³/mol. The zero-order chi connectivity index (χ0) is 17.7. The van der Waals surface area contributed by atoms with Crippen LogP contribution in [0.5, 0.6) is 0 Å². The molecule has 0 bridgehead atoms. The summed E-state index contributed by atoms with van der Waals surface area (Å²) < 4.78 is 14.8. The fraction of sp³-hybridized carbons (Fsp3) is 0.353.